The molecule has 1 aromatic rings. The van der Waals surface area contributed by atoms with Crippen molar-refractivity contribution >= 4 is 5.97 Å². The minimum atomic E-state index is -0.120. The largest absolute Gasteiger partial charge is 0.461 e. The van der Waals surface area contributed by atoms with E-state index < -0.39 is 0 Å². The third-order valence-electron chi connectivity index (χ3n) is 6.83. The molecule has 5 heteroatoms. The lowest BCUT2D eigenvalue weighted by molar-refractivity contribution is -0.145. The zero-order valence-electron chi connectivity index (χ0n) is 16.5. The van der Waals surface area contributed by atoms with E-state index in [1.165, 1.54) is 11.1 Å². The molecule has 2 heterocycles. The number of benzene rings is 1. The predicted octanol–water partition coefficient (Wildman–Crippen LogP) is 3.74. The van der Waals surface area contributed by atoms with Crippen LogP contribution in [-0.4, -0.2) is 25.4 Å². The van der Waals surface area contributed by atoms with Gasteiger partial charge >= 0.3 is 5.97 Å². The third-order valence-corrected chi connectivity index (χ3v) is 6.83. The summed E-state index contributed by atoms with van der Waals surface area (Å²) in [5, 5.41) is 3.45. The van der Waals surface area contributed by atoms with Gasteiger partial charge in [0.15, 0.2) is 11.5 Å². The first kappa shape index (κ1) is 17.8. The van der Waals surface area contributed by atoms with Crippen molar-refractivity contribution in [1.29, 1.82) is 0 Å². The summed E-state index contributed by atoms with van der Waals surface area (Å²) in [6.45, 7) is 6.12. The molecule has 0 saturated carbocycles. The Morgan fingerprint density at radius 3 is 3.00 bits per heavy atom. The molecule has 1 aromatic carbocycles. The molecule has 1 fully saturated rings. The lowest BCUT2D eigenvalue weighted by Crippen LogP contribution is -2.38. The first-order valence-electron chi connectivity index (χ1n) is 10.2. The van der Waals surface area contributed by atoms with Crippen LogP contribution in [0.15, 0.2) is 41.5 Å². The van der Waals surface area contributed by atoms with Gasteiger partial charge in [0.1, 0.15) is 6.10 Å². The number of rotatable bonds is 4. The molecule has 148 valence electrons. The number of carbonyl (C=O) groups excluding carboxylic acids is 1. The predicted molar refractivity (Wildman–Crippen MR) is 105 cm³/mol. The van der Waals surface area contributed by atoms with Crippen LogP contribution in [0.2, 0.25) is 0 Å². The van der Waals surface area contributed by atoms with E-state index in [9.17, 15) is 4.79 Å². The van der Waals surface area contributed by atoms with Crippen LogP contribution < -0.4 is 14.8 Å². The molecule has 1 N–H and O–H groups in total. The molecule has 28 heavy (non-hydrogen) atoms. The standard InChI is InChI=1S/C23H27NO4/c1-14-4-3-7-23(2)10-21-16(9-18(14)23)17(22(25)28-21)12-24-11-15-5-6-19-20(8-15)27-13-26-19/h4-6,8-9,16-17,21,24H,3,7,10-13H2,1-2H3/t16-,17+,21-,23-/m1/s1. The Balaban J connectivity index is 1.28. The lowest BCUT2D eigenvalue weighted by Gasteiger charge is -2.42. The molecule has 2 aliphatic heterocycles. The van der Waals surface area contributed by atoms with E-state index in [-0.39, 0.29) is 36.1 Å². The van der Waals surface area contributed by atoms with Gasteiger partial charge in [0.05, 0.1) is 5.92 Å². The number of hydrogen-bond acceptors (Lipinski definition) is 5. The quantitative estimate of drug-likeness (QED) is 0.805. The molecule has 0 unspecified atom stereocenters. The van der Waals surface area contributed by atoms with E-state index in [4.69, 9.17) is 14.2 Å². The van der Waals surface area contributed by atoms with Crippen molar-refractivity contribution in [2.45, 2.75) is 45.8 Å². The Morgan fingerprint density at radius 2 is 2.11 bits per heavy atom. The maximum absolute atomic E-state index is 12.6. The topological polar surface area (TPSA) is 56.8 Å². The van der Waals surface area contributed by atoms with Gasteiger partial charge in [-0.2, -0.15) is 0 Å². The van der Waals surface area contributed by atoms with Crippen LogP contribution in [0, 0.1) is 17.3 Å². The number of nitrogens with one attached hydrogen (secondary N) is 1. The molecular formula is C23H27NO4. The molecule has 0 aromatic heterocycles. The SMILES string of the molecule is CC1=CCC[C@]2(C)C[C@H]3OC(=O)[C@@H](CNCc4ccc5c(c4)OCO5)[C@H]3C=C12. The molecule has 5 rings (SSSR count). The van der Waals surface area contributed by atoms with Crippen LogP contribution in [-0.2, 0) is 16.1 Å². The molecule has 1 saturated heterocycles. The lowest BCUT2D eigenvalue weighted by atomic mass is 9.62. The molecule has 4 aliphatic rings. The van der Waals surface area contributed by atoms with Gasteiger partial charge in [0.25, 0.3) is 0 Å². The summed E-state index contributed by atoms with van der Waals surface area (Å²) in [7, 11) is 0. The molecule has 0 amide bonds. The molecule has 4 atom stereocenters. The average Bonchev–Trinajstić information content (AvgIpc) is 3.24. The van der Waals surface area contributed by atoms with E-state index >= 15 is 0 Å². The fraction of sp³-hybridized carbons (Fsp3) is 0.522. The number of esters is 1. The maximum Gasteiger partial charge on any atom is 0.311 e. The highest BCUT2D eigenvalue weighted by Crippen LogP contribution is 2.52. The van der Waals surface area contributed by atoms with Crippen LogP contribution in [0.1, 0.15) is 38.7 Å². The average molecular weight is 381 g/mol. The Hall–Kier alpha value is -2.27. The normalized spacial score (nSPS) is 32.9. The van der Waals surface area contributed by atoms with Crippen LogP contribution >= 0.6 is 0 Å². The fourth-order valence-electron chi connectivity index (χ4n) is 5.28. The van der Waals surface area contributed by atoms with Gasteiger partial charge in [0.2, 0.25) is 6.79 Å². The Bertz CT molecular complexity index is 873. The van der Waals surface area contributed by atoms with E-state index in [1.54, 1.807) is 0 Å². The van der Waals surface area contributed by atoms with Crippen LogP contribution in [0.25, 0.3) is 0 Å². The Morgan fingerprint density at radius 1 is 1.25 bits per heavy atom. The highest BCUT2D eigenvalue weighted by Gasteiger charge is 2.50. The van der Waals surface area contributed by atoms with Crippen molar-refractivity contribution < 1.29 is 19.0 Å². The van der Waals surface area contributed by atoms with E-state index in [2.05, 4.69) is 31.3 Å². The summed E-state index contributed by atoms with van der Waals surface area (Å²) in [5.74, 6) is 1.57. The Labute approximate surface area is 165 Å². The first-order chi connectivity index (χ1) is 13.5. The highest BCUT2D eigenvalue weighted by molar-refractivity contribution is 5.76. The summed E-state index contributed by atoms with van der Waals surface area (Å²) in [4.78, 5) is 12.6. The second kappa shape index (κ2) is 6.66. The van der Waals surface area contributed by atoms with Crippen molar-refractivity contribution in [1.82, 2.24) is 5.32 Å². The smallest absolute Gasteiger partial charge is 0.311 e. The van der Waals surface area contributed by atoms with Crippen molar-refractivity contribution in [3.63, 3.8) is 0 Å². The van der Waals surface area contributed by atoms with Crippen LogP contribution in [0.3, 0.4) is 0 Å². The number of allylic oxidation sites excluding steroid dienone is 3. The summed E-state index contributed by atoms with van der Waals surface area (Å²) >= 11 is 0. The van der Waals surface area contributed by atoms with Gasteiger partial charge in [0, 0.05) is 19.0 Å². The summed E-state index contributed by atoms with van der Waals surface area (Å²) in [6.07, 6.45) is 7.90. The van der Waals surface area contributed by atoms with E-state index in [1.807, 2.05) is 18.2 Å². The molecular weight excluding hydrogens is 354 g/mol. The molecule has 0 spiro atoms. The second-order valence-electron chi connectivity index (χ2n) is 8.75. The fourth-order valence-corrected chi connectivity index (χ4v) is 5.28. The maximum atomic E-state index is 12.6. The zero-order chi connectivity index (χ0) is 19.3. The first-order valence-corrected chi connectivity index (χ1v) is 10.2. The van der Waals surface area contributed by atoms with Crippen LogP contribution in [0.4, 0.5) is 0 Å². The number of carbonyl (C=O) groups is 1. The minimum Gasteiger partial charge on any atom is -0.461 e. The van der Waals surface area contributed by atoms with Crippen molar-refractivity contribution in [3.8, 4) is 11.5 Å². The minimum absolute atomic E-state index is 0.0180. The van der Waals surface area contributed by atoms with Crippen LogP contribution in [0.5, 0.6) is 11.5 Å². The van der Waals surface area contributed by atoms with Gasteiger partial charge in [-0.1, -0.05) is 30.7 Å². The van der Waals surface area contributed by atoms with Gasteiger partial charge in [-0.05, 0) is 54.9 Å². The van der Waals surface area contributed by atoms with E-state index in [0.29, 0.717) is 13.1 Å². The number of hydrogen-bond donors (Lipinski definition) is 1. The second-order valence-corrected chi connectivity index (χ2v) is 8.75. The summed E-state index contributed by atoms with van der Waals surface area (Å²) in [5.41, 5.74) is 4.07. The zero-order valence-corrected chi connectivity index (χ0v) is 16.5. The molecule has 0 bridgehead atoms. The molecule has 0 radical (unpaired) electrons. The summed E-state index contributed by atoms with van der Waals surface area (Å²) in [6, 6.07) is 5.96. The molecule has 2 aliphatic carbocycles. The van der Waals surface area contributed by atoms with Gasteiger partial charge in [-0.25, -0.2) is 0 Å². The monoisotopic (exact) mass is 381 g/mol. The van der Waals surface area contributed by atoms with Gasteiger partial charge < -0.3 is 19.5 Å². The van der Waals surface area contributed by atoms with Gasteiger partial charge in [-0.15, -0.1) is 0 Å². The van der Waals surface area contributed by atoms with Crippen molar-refractivity contribution in [2.24, 2.45) is 17.3 Å². The third kappa shape index (κ3) is 2.93. The number of fused-ring (bicyclic) bond motifs is 3. The highest BCUT2D eigenvalue weighted by atomic mass is 16.7. The summed E-state index contributed by atoms with van der Waals surface area (Å²) < 4.78 is 16.6. The Kier molecular flexibility index (Phi) is 4.23. The van der Waals surface area contributed by atoms with E-state index in [0.717, 1.165) is 36.3 Å². The number of ether oxygens (including phenoxy) is 3. The van der Waals surface area contributed by atoms with Crippen molar-refractivity contribution in [3.05, 3.63) is 47.1 Å². The van der Waals surface area contributed by atoms with Crippen molar-refractivity contribution in [2.75, 3.05) is 13.3 Å². The molecule has 5 nitrogen and oxygen atoms in total. The van der Waals surface area contributed by atoms with Gasteiger partial charge in [-0.3, -0.25) is 4.79 Å².